The number of hydrogen-bond donors (Lipinski definition) is 0. The fourth-order valence-electron chi connectivity index (χ4n) is 3.01. The quantitative estimate of drug-likeness (QED) is 0.561. The summed E-state index contributed by atoms with van der Waals surface area (Å²) < 4.78 is 9.30. The summed E-state index contributed by atoms with van der Waals surface area (Å²) >= 11 is 0. The zero-order chi connectivity index (χ0) is 17.2. The van der Waals surface area contributed by atoms with Crippen molar-refractivity contribution in [2.24, 2.45) is 0 Å². The third-order valence-electron chi connectivity index (χ3n) is 4.19. The molecule has 0 amide bonds. The first-order valence-electron chi connectivity index (χ1n) is 8.13. The zero-order valence-corrected chi connectivity index (χ0v) is 14.1. The molecular weight excluding hydrogens is 316 g/mol. The summed E-state index contributed by atoms with van der Waals surface area (Å²) in [6.45, 7) is 2.14. The van der Waals surface area contributed by atoms with Crippen molar-refractivity contribution in [2.45, 2.75) is 19.4 Å². The molecule has 4 aromatic rings. The van der Waals surface area contributed by atoms with E-state index in [9.17, 15) is 0 Å². The maximum atomic E-state index is 5.23. The number of pyridine rings is 1. The van der Waals surface area contributed by atoms with E-state index in [2.05, 4.69) is 31.4 Å². The Labute approximate surface area is 145 Å². The predicted octanol–water partition coefficient (Wildman–Crippen LogP) is 3.00. The minimum Gasteiger partial charge on any atom is -0.481 e. The second kappa shape index (κ2) is 6.35. The molecule has 0 aliphatic rings. The van der Waals surface area contributed by atoms with Gasteiger partial charge in [-0.25, -0.2) is 19.9 Å². The van der Waals surface area contributed by atoms with E-state index in [1.807, 2.05) is 41.2 Å². The lowest BCUT2D eigenvalue weighted by Crippen LogP contribution is -2.11. The Hall–Kier alpha value is -3.22. The summed E-state index contributed by atoms with van der Waals surface area (Å²) in [4.78, 5) is 17.7. The average molecular weight is 334 g/mol. The second-order valence-corrected chi connectivity index (χ2v) is 5.66. The number of imidazole rings is 2. The highest BCUT2D eigenvalue weighted by Crippen LogP contribution is 2.28. The van der Waals surface area contributed by atoms with Crippen LogP contribution in [-0.2, 0) is 0 Å². The number of ether oxygens (including phenoxy) is 1. The topological polar surface area (TPSA) is 70.1 Å². The normalized spacial score (nSPS) is 12.4. The predicted molar refractivity (Wildman–Crippen MR) is 93.4 cm³/mol. The van der Waals surface area contributed by atoms with E-state index in [0.717, 1.165) is 23.5 Å². The molecular formula is C18H18N6O. The summed E-state index contributed by atoms with van der Waals surface area (Å²) in [5.74, 6) is 2.12. The lowest BCUT2D eigenvalue weighted by atomic mass is 10.1. The van der Waals surface area contributed by atoms with Crippen LogP contribution in [0.3, 0.4) is 0 Å². The van der Waals surface area contributed by atoms with Crippen molar-refractivity contribution in [3.63, 3.8) is 0 Å². The molecule has 1 unspecified atom stereocenters. The largest absolute Gasteiger partial charge is 0.481 e. The van der Waals surface area contributed by atoms with E-state index in [4.69, 9.17) is 4.74 Å². The minimum absolute atomic E-state index is 0.0679. The summed E-state index contributed by atoms with van der Waals surface area (Å²) in [7, 11) is 1.61. The molecule has 4 aromatic heterocycles. The van der Waals surface area contributed by atoms with Gasteiger partial charge >= 0.3 is 0 Å². The van der Waals surface area contributed by atoms with Crippen molar-refractivity contribution in [3.05, 3.63) is 61.1 Å². The van der Waals surface area contributed by atoms with Gasteiger partial charge in [0.25, 0.3) is 0 Å². The Morgan fingerprint density at radius 2 is 2.04 bits per heavy atom. The SMILES string of the molecule is CCC(c1cn2cccnc2n1)n1ccnc1-c1ccnc(OC)c1. The zero-order valence-electron chi connectivity index (χ0n) is 14.1. The van der Waals surface area contributed by atoms with Crippen molar-refractivity contribution < 1.29 is 4.74 Å². The number of aromatic nitrogens is 6. The van der Waals surface area contributed by atoms with Gasteiger partial charge in [-0.3, -0.25) is 4.40 Å². The van der Waals surface area contributed by atoms with Gasteiger partial charge in [0.1, 0.15) is 5.82 Å². The van der Waals surface area contributed by atoms with E-state index < -0.39 is 0 Å². The third-order valence-corrected chi connectivity index (χ3v) is 4.19. The van der Waals surface area contributed by atoms with Gasteiger partial charge in [0, 0.05) is 48.8 Å². The first kappa shape index (κ1) is 15.3. The Morgan fingerprint density at radius 1 is 1.12 bits per heavy atom. The monoisotopic (exact) mass is 334 g/mol. The molecule has 7 heteroatoms. The maximum Gasteiger partial charge on any atom is 0.233 e. The van der Waals surface area contributed by atoms with Crippen LogP contribution in [0, 0.1) is 0 Å². The van der Waals surface area contributed by atoms with Crippen molar-refractivity contribution >= 4 is 5.78 Å². The van der Waals surface area contributed by atoms with Crippen LogP contribution in [-0.4, -0.2) is 36.0 Å². The standard InChI is InChI=1S/C18H18N6O/c1-3-15(14-12-23-9-4-6-21-18(23)22-14)24-10-8-20-17(24)13-5-7-19-16(11-13)25-2/h4-12,15H,3H2,1-2H3. The lowest BCUT2D eigenvalue weighted by molar-refractivity contribution is 0.398. The Morgan fingerprint density at radius 3 is 2.84 bits per heavy atom. The van der Waals surface area contributed by atoms with Crippen molar-refractivity contribution in [2.75, 3.05) is 7.11 Å². The molecule has 0 radical (unpaired) electrons. The van der Waals surface area contributed by atoms with Crippen molar-refractivity contribution in [1.82, 2.24) is 28.9 Å². The molecule has 0 bridgehead atoms. The van der Waals surface area contributed by atoms with E-state index in [-0.39, 0.29) is 6.04 Å². The first-order valence-corrected chi connectivity index (χ1v) is 8.13. The molecule has 25 heavy (non-hydrogen) atoms. The molecule has 7 nitrogen and oxygen atoms in total. The molecule has 1 atom stereocenters. The second-order valence-electron chi connectivity index (χ2n) is 5.66. The molecule has 4 heterocycles. The number of rotatable bonds is 5. The Bertz CT molecular complexity index is 972. The number of methoxy groups -OCH3 is 1. The molecule has 0 spiro atoms. The Balaban J connectivity index is 1.79. The van der Waals surface area contributed by atoms with E-state index in [1.54, 1.807) is 25.7 Å². The summed E-state index contributed by atoms with van der Waals surface area (Å²) in [6, 6.07) is 5.78. The van der Waals surface area contributed by atoms with Gasteiger partial charge in [-0.05, 0) is 18.6 Å². The van der Waals surface area contributed by atoms with Gasteiger partial charge in [0.05, 0.1) is 18.8 Å². The van der Waals surface area contributed by atoms with Crippen molar-refractivity contribution in [1.29, 1.82) is 0 Å². The fraction of sp³-hybridized carbons (Fsp3) is 0.222. The van der Waals surface area contributed by atoms with Crippen LogP contribution in [0.25, 0.3) is 17.2 Å². The molecule has 0 N–H and O–H groups in total. The van der Waals surface area contributed by atoms with Crippen LogP contribution in [0.5, 0.6) is 5.88 Å². The fourth-order valence-corrected chi connectivity index (χ4v) is 3.01. The van der Waals surface area contributed by atoms with E-state index in [0.29, 0.717) is 11.7 Å². The number of nitrogens with zero attached hydrogens (tertiary/aromatic N) is 6. The third kappa shape index (κ3) is 2.73. The van der Waals surface area contributed by atoms with E-state index >= 15 is 0 Å². The highest BCUT2D eigenvalue weighted by Gasteiger charge is 2.19. The summed E-state index contributed by atoms with van der Waals surface area (Å²) in [5.41, 5.74) is 1.92. The van der Waals surface area contributed by atoms with Crippen LogP contribution < -0.4 is 4.74 Å². The molecule has 0 saturated heterocycles. The van der Waals surface area contributed by atoms with Crippen LogP contribution >= 0.6 is 0 Å². The molecule has 0 saturated carbocycles. The lowest BCUT2D eigenvalue weighted by Gasteiger charge is -2.17. The molecule has 0 aliphatic heterocycles. The van der Waals surface area contributed by atoms with Gasteiger partial charge < -0.3 is 9.30 Å². The average Bonchev–Trinajstić information content (AvgIpc) is 3.29. The van der Waals surface area contributed by atoms with Crippen molar-refractivity contribution in [3.8, 4) is 17.3 Å². The van der Waals surface area contributed by atoms with Gasteiger partial charge in [0.2, 0.25) is 11.7 Å². The molecule has 0 fully saturated rings. The van der Waals surface area contributed by atoms with Crippen LogP contribution in [0.4, 0.5) is 0 Å². The molecule has 0 aliphatic carbocycles. The number of hydrogen-bond acceptors (Lipinski definition) is 5. The highest BCUT2D eigenvalue weighted by molar-refractivity contribution is 5.57. The van der Waals surface area contributed by atoms with Gasteiger partial charge in [0.15, 0.2) is 0 Å². The van der Waals surface area contributed by atoms with Gasteiger partial charge in [-0.2, -0.15) is 0 Å². The Kier molecular flexibility index (Phi) is 3.89. The molecule has 4 rings (SSSR count). The smallest absolute Gasteiger partial charge is 0.233 e. The van der Waals surface area contributed by atoms with E-state index in [1.165, 1.54) is 0 Å². The summed E-state index contributed by atoms with van der Waals surface area (Å²) in [5, 5.41) is 0. The van der Waals surface area contributed by atoms with Crippen LogP contribution in [0.2, 0.25) is 0 Å². The van der Waals surface area contributed by atoms with Gasteiger partial charge in [-0.15, -0.1) is 0 Å². The molecule has 0 aromatic carbocycles. The minimum atomic E-state index is 0.0679. The highest BCUT2D eigenvalue weighted by atomic mass is 16.5. The molecule has 126 valence electrons. The van der Waals surface area contributed by atoms with Crippen LogP contribution in [0.1, 0.15) is 25.1 Å². The first-order chi connectivity index (χ1) is 12.3. The maximum absolute atomic E-state index is 5.23. The number of fused-ring (bicyclic) bond motifs is 1. The van der Waals surface area contributed by atoms with Gasteiger partial charge in [-0.1, -0.05) is 6.92 Å². The summed E-state index contributed by atoms with van der Waals surface area (Å²) in [6.07, 6.45) is 12.1. The van der Waals surface area contributed by atoms with Crippen LogP contribution in [0.15, 0.2) is 55.4 Å².